The molecular weight excluding hydrogens is 226 g/mol. The van der Waals surface area contributed by atoms with Crippen molar-refractivity contribution in [2.24, 2.45) is 5.92 Å². The molecule has 1 N–H and O–H groups in total. The van der Waals surface area contributed by atoms with Gasteiger partial charge < -0.3 is 4.90 Å². The van der Waals surface area contributed by atoms with Crippen molar-refractivity contribution in [3.8, 4) is 0 Å². The Balaban J connectivity index is 1.87. The lowest BCUT2D eigenvalue weighted by atomic mass is 9.96. The molecule has 0 spiro atoms. The van der Waals surface area contributed by atoms with Crippen LogP contribution < -0.4 is 5.32 Å². The molecule has 0 saturated carbocycles. The van der Waals surface area contributed by atoms with Crippen molar-refractivity contribution >= 4 is 5.91 Å². The predicted molar refractivity (Wildman–Crippen MR) is 60.9 cm³/mol. The molecule has 3 nitrogen and oxygen atoms in total. The van der Waals surface area contributed by atoms with E-state index in [-0.39, 0.29) is 18.9 Å². The number of nitrogens with one attached hydrogen (secondary N) is 1. The van der Waals surface area contributed by atoms with E-state index in [1.54, 1.807) is 4.90 Å². The highest BCUT2D eigenvalue weighted by Gasteiger charge is 2.43. The number of likely N-dealkylation sites (tertiary alicyclic amines) is 1. The average Bonchev–Trinajstić information content (AvgIpc) is 2.69. The third-order valence-corrected chi connectivity index (χ3v) is 3.59. The van der Waals surface area contributed by atoms with Gasteiger partial charge in [0.1, 0.15) is 0 Å². The van der Waals surface area contributed by atoms with Crippen LogP contribution in [0, 0.1) is 5.92 Å². The van der Waals surface area contributed by atoms with Crippen molar-refractivity contribution in [1.82, 2.24) is 10.2 Å². The first-order valence-electron chi connectivity index (χ1n) is 6.04. The summed E-state index contributed by atoms with van der Waals surface area (Å²) in [5.74, 6) is -2.46. The molecule has 2 aliphatic heterocycles. The molecule has 5 heteroatoms. The van der Waals surface area contributed by atoms with Gasteiger partial charge in [-0.05, 0) is 18.8 Å². The van der Waals surface area contributed by atoms with Crippen molar-refractivity contribution in [3.63, 3.8) is 0 Å². The second kappa shape index (κ2) is 4.72. The summed E-state index contributed by atoms with van der Waals surface area (Å²) < 4.78 is 26.0. The largest absolute Gasteiger partial charge is 0.341 e. The summed E-state index contributed by atoms with van der Waals surface area (Å²) in [6, 6.07) is -0.703. The van der Waals surface area contributed by atoms with Crippen molar-refractivity contribution in [1.29, 1.82) is 0 Å². The fourth-order valence-electron chi connectivity index (χ4n) is 2.47. The van der Waals surface area contributed by atoms with E-state index < -0.39 is 12.0 Å². The van der Waals surface area contributed by atoms with Crippen molar-refractivity contribution in [3.05, 3.63) is 12.7 Å². The molecule has 1 atom stereocenters. The van der Waals surface area contributed by atoms with E-state index in [9.17, 15) is 13.6 Å². The van der Waals surface area contributed by atoms with E-state index in [2.05, 4.69) is 11.9 Å². The number of amides is 1. The zero-order valence-corrected chi connectivity index (χ0v) is 9.79. The minimum absolute atomic E-state index is 0.176. The Morgan fingerprint density at radius 2 is 2.06 bits per heavy atom. The van der Waals surface area contributed by atoms with E-state index in [4.69, 9.17) is 0 Å². The lowest BCUT2D eigenvalue weighted by Crippen LogP contribution is -2.46. The Morgan fingerprint density at radius 1 is 1.41 bits per heavy atom. The van der Waals surface area contributed by atoms with Gasteiger partial charge in [0.2, 0.25) is 5.91 Å². The first-order chi connectivity index (χ1) is 8.02. The number of hydrogen-bond acceptors (Lipinski definition) is 2. The molecule has 0 aliphatic carbocycles. The van der Waals surface area contributed by atoms with Gasteiger partial charge in [-0.25, -0.2) is 8.78 Å². The van der Waals surface area contributed by atoms with Gasteiger partial charge in [-0.15, -0.1) is 6.58 Å². The number of allylic oxidation sites excluding steroid dienone is 1. The molecule has 0 radical (unpaired) electrons. The summed E-state index contributed by atoms with van der Waals surface area (Å²) in [4.78, 5) is 13.7. The molecule has 2 saturated heterocycles. The molecule has 1 amide bonds. The SMILES string of the molecule is C=CC1CCN(C(=O)C2CC(F)(F)CN2)CC1. The lowest BCUT2D eigenvalue weighted by molar-refractivity contribution is -0.134. The molecule has 1 unspecified atom stereocenters. The molecule has 17 heavy (non-hydrogen) atoms. The van der Waals surface area contributed by atoms with Crippen LogP contribution in [0.4, 0.5) is 8.78 Å². The van der Waals surface area contributed by atoms with Gasteiger partial charge in [-0.1, -0.05) is 6.08 Å². The van der Waals surface area contributed by atoms with Gasteiger partial charge in [0, 0.05) is 19.5 Å². The Morgan fingerprint density at radius 3 is 2.53 bits per heavy atom. The van der Waals surface area contributed by atoms with Crippen LogP contribution in [-0.4, -0.2) is 42.4 Å². The summed E-state index contributed by atoms with van der Waals surface area (Å²) >= 11 is 0. The molecule has 2 fully saturated rings. The molecule has 2 heterocycles. The van der Waals surface area contributed by atoms with Crippen molar-refractivity contribution < 1.29 is 13.6 Å². The average molecular weight is 244 g/mol. The molecule has 0 aromatic carbocycles. The zero-order chi connectivity index (χ0) is 12.5. The monoisotopic (exact) mass is 244 g/mol. The maximum absolute atomic E-state index is 13.0. The smallest absolute Gasteiger partial charge is 0.262 e. The first kappa shape index (κ1) is 12.5. The maximum Gasteiger partial charge on any atom is 0.262 e. The third kappa shape index (κ3) is 2.83. The standard InChI is InChI=1S/C12H18F2N2O/c1-2-9-3-5-16(6-4-9)11(17)10-7-12(13,14)8-15-10/h2,9-10,15H,1,3-8H2. The number of carbonyl (C=O) groups excluding carboxylic acids is 1. The molecule has 96 valence electrons. The van der Waals surface area contributed by atoms with E-state index in [0.717, 1.165) is 12.8 Å². The molecule has 2 rings (SSSR count). The quantitative estimate of drug-likeness (QED) is 0.745. The van der Waals surface area contributed by atoms with Gasteiger partial charge in [-0.3, -0.25) is 10.1 Å². The van der Waals surface area contributed by atoms with Crippen molar-refractivity contribution in [2.45, 2.75) is 31.2 Å². The maximum atomic E-state index is 13.0. The number of nitrogens with zero attached hydrogens (tertiary/aromatic N) is 1. The fourth-order valence-corrected chi connectivity index (χ4v) is 2.47. The van der Waals surface area contributed by atoms with Crippen LogP contribution >= 0.6 is 0 Å². The van der Waals surface area contributed by atoms with Gasteiger partial charge in [0.05, 0.1) is 12.6 Å². The summed E-state index contributed by atoms with van der Waals surface area (Å²) in [6.45, 7) is 4.66. The minimum Gasteiger partial charge on any atom is -0.341 e. The van der Waals surface area contributed by atoms with Gasteiger partial charge in [0.25, 0.3) is 5.92 Å². The Kier molecular flexibility index (Phi) is 3.47. The van der Waals surface area contributed by atoms with Crippen LogP contribution in [0.1, 0.15) is 19.3 Å². The first-order valence-corrected chi connectivity index (χ1v) is 6.04. The molecule has 0 bridgehead atoms. The second-order valence-corrected chi connectivity index (χ2v) is 4.89. The number of halogens is 2. The highest BCUT2D eigenvalue weighted by Crippen LogP contribution is 2.27. The van der Waals surface area contributed by atoms with Crippen LogP contribution in [-0.2, 0) is 4.79 Å². The summed E-state index contributed by atoms with van der Waals surface area (Å²) in [7, 11) is 0. The van der Waals surface area contributed by atoms with Crippen LogP contribution in [0.15, 0.2) is 12.7 Å². The van der Waals surface area contributed by atoms with Crippen LogP contribution in [0.3, 0.4) is 0 Å². The minimum atomic E-state index is -2.74. The van der Waals surface area contributed by atoms with Gasteiger partial charge in [0.15, 0.2) is 0 Å². The highest BCUT2D eigenvalue weighted by atomic mass is 19.3. The molecule has 2 aliphatic rings. The highest BCUT2D eigenvalue weighted by molar-refractivity contribution is 5.82. The fraction of sp³-hybridized carbons (Fsp3) is 0.750. The van der Waals surface area contributed by atoms with Crippen LogP contribution in [0.25, 0.3) is 0 Å². The molecule has 0 aromatic heterocycles. The number of rotatable bonds is 2. The van der Waals surface area contributed by atoms with E-state index in [1.807, 2.05) is 6.08 Å². The number of alkyl halides is 2. The Labute approximate surface area is 99.9 Å². The normalized spacial score (nSPS) is 29.3. The zero-order valence-electron chi connectivity index (χ0n) is 9.79. The van der Waals surface area contributed by atoms with Crippen LogP contribution in [0.5, 0.6) is 0 Å². The summed E-state index contributed by atoms with van der Waals surface area (Å²) in [5, 5.41) is 2.61. The van der Waals surface area contributed by atoms with E-state index in [1.165, 1.54) is 0 Å². The van der Waals surface area contributed by atoms with Gasteiger partial charge in [-0.2, -0.15) is 0 Å². The second-order valence-electron chi connectivity index (χ2n) is 4.89. The van der Waals surface area contributed by atoms with Gasteiger partial charge >= 0.3 is 0 Å². The summed E-state index contributed by atoms with van der Waals surface area (Å²) in [5.41, 5.74) is 0. The number of piperidine rings is 1. The predicted octanol–water partition coefficient (Wildman–Crippen LogP) is 1.41. The Hall–Kier alpha value is -0.970. The number of carbonyl (C=O) groups is 1. The van der Waals surface area contributed by atoms with Crippen molar-refractivity contribution in [2.75, 3.05) is 19.6 Å². The Bertz CT molecular complexity index is 312. The van der Waals surface area contributed by atoms with Crippen LogP contribution in [0.2, 0.25) is 0 Å². The topological polar surface area (TPSA) is 32.3 Å². The molecule has 0 aromatic rings. The summed E-state index contributed by atoms with van der Waals surface area (Å²) in [6.07, 6.45) is 3.31. The third-order valence-electron chi connectivity index (χ3n) is 3.59. The van der Waals surface area contributed by atoms with E-state index >= 15 is 0 Å². The van der Waals surface area contributed by atoms with E-state index in [0.29, 0.717) is 19.0 Å². The lowest BCUT2D eigenvalue weighted by Gasteiger charge is -2.32. The molecular formula is C12H18F2N2O. The number of hydrogen-bond donors (Lipinski definition) is 1.